The molecule has 0 aromatic heterocycles. The SMILES string of the molecule is C=CN(C(=O)c1ccccc1)S(=O)(=O)c1ccc(C)cc1. The molecule has 0 aliphatic rings. The lowest BCUT2D eigenvalue weighted by molar-refractivity contribution is 0.0898. The summed E-state index contributed by atoms with van der Waals surface area (Å²) in [7, 11) is -3.95. The van der Waals surface area contributed by atoms with E-state index in [0.717, 1.165) is 11.8 Å². The zero-order valence-corrected chi connectivity index (χ0v) is 12.4. The highest BCUT2D eigenvalue weighted by atomic mass is 32.2. The molecule has 108 valence electrons. The van der Waals surface area contributed by atoms with E-state index in [4.69, 9.17) is 0 Å². The lowest BCUT2D eigenvalue weighted by Crippen LogP contribution is -2.32. The van der Waals surface area contributed by atoms with Gasteiger partial charge in [0.1, 0.15) is 0 Å². The molecule has 0 aliphatic heterocycles. The van der Waals surface area contributed by atoms with Crippen molar-refractivity contribution in [3.05, 3.63) is 78.5 Å². The van der Waals surface area contributed by atoms with Crippen molar-refractivity contribution in [3.63, 3.8) is 0 Å². The first-order valence-corrected chi connectivity index (χ1v) is 7.74. The number of hydrogen-bond donors (Lipinski definition) is 0. The number of rotatable bonds is 4. The van der Waals surface area contributed by atoms with Crippen molar-refractivity contribution in [2.75, 3.05) is 0 Å². The molecule has 2 aromatic carbocycles. The van der Waals surface area contributed by atoms with Gasteiger partial charge in [-0.1, -0.05) is 42.5 Å². The molecule has 5 heteroatoms. The van der Waals surface area contributed by atoms with Gasteiger partial charge in [0.2, 0.25) is 0 Å². The maximum absolute atomic E-state index is 12.5. The van der Waals surface area contributed by atoms with Crippen LogP contribution in [0.25, 0.3) is 0 Å². The summed E-state index contributed by atoms with van der Waals surface area (Å²) >= 11 is 0. The molecular formula is C16H15NO3S. The minimum absolute atomic E-state index is 0.0530. The average Bonchev–Trinajstić information content (AvgIpc) is 2.49. The lowest BCUT2D eigenvalue weighted by atomic mass is 10.2. The van der Waals surface area contributed by atoms with E-state index in [-0.39, 0.29) is 10.5 Å². The van der Waals surface area contributed by atoms with Gasteiger partial charge in [0.15, 0.2) is 0 Å². The normalized spacial score (nSPS) is 10.9. The Balaban J connectivity index is 2.43. The van der Waals surface area contributed by atoms with E-state index in [9.17, 15) is 13.2 Å². The summed E-state index contributed by atoms with van der Waals surface area (Å²) in [6.07, 6.45) is 1.02. The molecule has 0 N–H and O–H groups in total. The molecule has 0 bridgehead atoms. The molecule has 0 spiro atoms. The van der Waals surface area contributed by atoms with Crippen LogP contribution in [0.15, 0.2) is 72.3 Å². The molecule has 0 atom stereocenters. The predicted molar refractivity (Wildman–Crippen MR) is 81.2 cm³/mol. The minimum atomic E-state index is -3.95. The molecule has 0 saturated carbocycles. The monoisotopic (exact) mass is 301 g/mol. The number of benzene rings is 2. The number of sulfonamides is 1. The zero-order chi connectivity index (χ0) is 15.5. The van der Waals surface area contributed by atoms with Crippen LogP contribution < -0.4 is 0 Å². The van der Waals surface area contributed by atoms with Crippen molar-refractivity contribution in [1.29, 1.82) is 0 Å². The van der Waals surface area contributed by atoms with E-state index in [1.54, 1.807) is 42.5 Å². The van der Waals surface area contributed by atoms with Crippen LogP contribution in [-0.2, 0) is 10.0 Å². The summed E-state index contributed by atoms with van der Waals surface area (Å²) in [4.78, 5) is 12.4. The lowest BCUT2D eigenvalue weighted by Gasteiger charge is -2.18. The Labute approximate surface area is 124 Å². The maximum atomic E-state index is 12.5. The molecule has 2 rings (SSSR count). The molecule has 0 aliphatic carbocycles. The third-order valence-electron chi connectivity index (χ3n) is 2.96. The number of nitrogens with zero attached hydrogens (tertiary/aromatic N) is 1. The molecule has 1 amide bonds. The highest BCUT2D eigenvalue weighted by molar-refractivity contribution is 7.89. The molecule has 2 aromatic rings. The first-order chi connectivity index (χ1) is 9.96. The van der Waals surface area contributed by atoms with Gasteiger partial charge in [0, 0.05) is 11.8 Å². The van der Waals surface area contributed by atoms with E-state index in [0.29, 0.717) is 4.31 Å². The maximum Gasteiger partial charge on any atom is 0.271 e. The number of carbonyl (C=O) groups excluding carboxylic acids is 1. The fourth-order valence-electron chi connectivity index (χ4n) is 1.82. The summed E-state index contributed by atoms with van der Waals surface area (Å²) in [5, 5.41) is 0. The van der Waals surface area contributed by atoms with Crippen LogP contribution in [0.3, 0.4) is 0 Å². The minimum Gasteiger partial charge on any atom is -0.268 e. The number of carbonyl (C=O) groups is 1. The predicted octanol–water partition coefficient (Wildman–Crippen LogP) is 2.97. The smallest absolute Gasteiger partial charge is 0.268 e. The fraction of sp³-hybridized carbons (Fsp3) is 0.0625. The van der Waals surface area contributed by atoms with Crippen molar-refractivity contribution in [3.8, 4) is 0 Å². The Morgan fingerprint density at radius 1 is 1.05 bits per heavy atom. The third kappa shape index (κ3) is 3.03. The molecule has 4 nitrogen and oxygen atoms in total. The van der Waals surface area contributed by atoms with E-state index < -0.39 is 15.9 Å². The van der Waals surface area contributed by atoms with Gasteiger partial charge in [0.25, 0.3) is 15.9 Å². The van der Waals surface area contributed by atoms with Crippen molar-refractivity contribution in [2.24, 2.45) is 0 Å². The van der Waals surface area contributed by atoms with Gasteiger partial charge < -0.3 is 0 Å². The van der Waals surface area contributed by atoms with Gasteiger partial charge in [0.05, 0.1) is 4.90 Å². The van der Waals surface area contributed by atoms with Gasteiger partial charge in [-0.3, -0.25) is 4.79 Å². The number of amides is 1. The second kappa shape index (κ2) is 5.93. The van der Waals surface area contributed by atoms with Crippen LogP contribution in [0.5, 0.6) is 0 Å². The molecule has 0 radical (unpaired) electrons. The molecule has 0 heterocycles. The standard InChI is InChI=1S/C16H15NO3S/c1-3-17(16(18)14-7-5-4-6-8-14)21(19,20)15-11-9-13(2)10-12-15/h3-12H,1H2,2H3. The Morgan fingerprint density at radius 2 is 1.62 bits per heavy atom. The molecule has 0 saturated heterocycles. The zero-order valence-electron chi connectivity index (χ0n) is 11.6. The number of hydrogen-bond acceptors (Lipinski definition) is 3. The van der Waals surface area contributed by atoms with Gasteiger partial charge >= 0.3 is 0 Å². The first kappa shape index (κ1) is 15.0. The van der Waals surface area contributed by atoms with E-state index in [2.05, 4.69) is 6.58 Å². The van der Waals surface area contributed by atoms with Crippen LogP contribution >= 0.6 is 0 Å². The Hall–Kier alpha value is -2.40. The summed E-state index contributed by atoms with van der Waals surface area (Å²) in [6, 6.07) is 14.5. The average molecular weight is 301 g/mol. The van der Waals surface area contributed by atoms with Crippen molar-refractivity contribution < 1.29 is 13.2 Å². The summed E-state index contributed by atoms with van der Waals surface area (Å²) < 4.78 is 25.7. The molecular weight excluding hydrogens is 286 g/mol. The fourth-order valence-corrected chi connectivity index (χ4v) is 3.05. The Kier molecular flexibility index (Phi) is 4.23. The van der Waals surface area contributed by atoms with Crippen molar-refractivity contribution in [1.82, 2.24) is 4.31 Å². The second-order valence-electron chi connectivity index (χ2n) is 4.47. The summed E-state index contributed by atoms with van der Waals surface area (Å²) in [6.45, 7) is 5.30. The van der Waals surface area contributed by atoms with Crippen LogP contribution in [0.1, 0.15) is 15.9 Å². The van der Waals surface area contributed by atoms with Crippen LogP contribution in [0.2, 0.25) is 0 Å². The van der Waals surface area contributed by atoms with Crippen LogP contribution in [0.4, 0.5) is 0 Å². The molecule has 0 fully saturated rings. The van der Waals surface area contributed by atoms with E-state index in [1.165, 1.54) is 12.1 Å². The molecule has 21 heavy (non-hydrogen) atoms. The Bertz CT molecular complexity index is 750. The topological polar surface area (TPSA) is 54.5 Å². The van der Waals surface area contributed by atoms with Crippen molar-refractivity contribution >= 4 is 15.9 Å². The quantitative estimate of drug-likeness (QED) is 0.872. The van der Waals surface area contributed by atoms with Gasteiger partial charge in [-0.15, -0.1) is 0 Å². The van der Waals surface area contributed by atoms with Gasteiger partial charge in [-0.05, 0) is 31.2 Å². The highest BCUT2D eigenvalue weighted by Gasteiger charge is 2.27. The second-order valence-corrected chi connectivity index (χ2v) is 6.28. The van der Waals surface area contributed by atoms with Gasteiger partial charge in [-0.25, -0.2) is 12.7 Å². The highest BCUT2D eigenvalue weighted by Crippen LogP contribution is 2.19. The van der Waals surface area contributed by atoms with E-state index in [1.807, 2.05) is 6.92 Å². The first-order valence-electron chi connectivity index (χ1n) is 6.30. The molecule has 0 unspecified atom stereocenters. The van der Waals surface area contributed by atoms with E-state index >= 15 is 0 Å². The number of aryl methyl sites for hydroxylation is 1. The van der Waals surface area contributed by atoms with Gasteiger partial charge in [-0.2, -0.15) is 0 Å². The summed E-state index contributed by atoms with van der Waals surface area (Å²) in [5.41, 5.74) is 1.22. The van der Waals surface area contributed by atoms with Crippen LogP contribution in [-0.4, -0.2) is 18.6 Å². The largest absolute Gasteiger partial charge is 0.271 e. The van der Waals surface area contributed by atoms with Crippen LogP contribution in [0, 0.1) is 6.92 Å². The van der Waals surface area contributed by atoms with Crippen molar-refractivity contribution in [2.45, 2.75) is 11.8 Å². The third-order valence-corrected chi connectivity index (χ3v) is 4.67. The summed E-state index contributed by atoms with van der Waals surface area (Å²) in [5.74, 6) is -0.633. The Morgan fingerprint density at radius 3 is 2.14 bits per heavy atom.